The summed E-state index contributed by atoms with van der Waals surface area (Å²) in [5, 5.41) is 0. The maximum Gasteiger partial charge on any atom is 0.145 e. The maximum atomic E-state index is 5.84. The predicted molar refractivity (Wildman–Crippen MR) is 84.3 cm³/mol. The lowest BCUT2D eigenvalue weighted by molar-refractivity contribution is 0.317. The zero-order chi connectivity index (χ0) is 15.1. The molecule has 0 aliphatic rings. The number of rotatable bonds is 7. The van der Waals surface area contributed by atoms with E-state index in [0.29, 0.717) is 23.8 Å². The second kappa shape index (κ2) is 7.43. The fraction of sp³-hybridized carbons (Fsp3) is 0.294. The van der Waals surface area contributed by atoms with Crippen LogP contribution in [0.5, 0.6) is 23.0 Å². The fourth-order valence-corrected chi connectivity index (χ4v) is 1.82. The van der Waals surface area contributed by atoms with E-state index in [9.17, 15) is 0 Å². The highest BCUT2D eigenvalue weighted by molar-refractivity contribution is 5.56. The molecule has 0 fully saturated rings. The number of nitrogen functional groups attached to an aromatic ring is 1. The van der Waals surface area contributed by atoms with E-state index in [4.69, 9.17) is 19.9 Å². The largest absolute Gasteiger partial charge is 0.494 e. The second-order valence-electron chi connectivity index (χ2n) is 4.55. The summed E-state index contributed by atoms with van der Waals surface area (Å²) in [6, 6.07) is 12.9. The van der Waals surface area contributed by atoms with Crippen LogP contribution in [0.2, 0.25) is 0 Å². The zero-order valence-electron chi connectivity index (χ0n) is 12.5. The minimum absolute atomic E-state index is 0.567. The van der Waals surface area contributed by atoms with E-state index in [-0.39, 0.29) is 0 Å². The molecule has 0 atom stereocenters. The summed E-state index contributed by atoms with van der Waals surface area (Å²) < 4.78 is 16.8. The minimum atomic E-state index is 0.567. The molecule has 0 bridgehead atoms. The molecule has 4 heteroatoms. The van der Waals surface area contributed by atoms with Crippen LogP contribution in [0.3, 0.4) is 0 Å². The second-order valence-corrected chi connectivity index (χ2v) is 4.55. The summed E-state index contributed by atoms with van der Waals surface area (Å²) in [5.74, 6) is 2.91. The van der Waals surface area contributed by atoms with Crippen LogP contribution in [-0.2, 0) is 0 Å². The fourth-order valence-electron chi connectivity index (χ4n) is 1.82. The first-order valence-electron chi connectivity index (χ1n) is 7.16. The number of benzene rings is 2. The first kappa shape index (κ1) is 15.0. The van der Waals surface area contributed by atoms with E-state index in [1.807, 2.05) is 37.3 Å². The first-order chi connectivity index (χ1) is 10.2. The third-order valence-corrected chi connectivity index (χ3v) is 2.82. The van der Waals surface area contributed by atoms with Gasteiger partial charge in [-0.3, -0.25) is 0 Å². The van der Waals surface area contributed by atoms with Crippen molar-refractivity contribution in [1.82, 2.24) is 0 Å². The van der Waals surface area contributed by atoms with E-state index < -0.39 is 0 Å². The van der Waals surface area contributed by atoms with Crippen molar-refractivity contribution in [3.63, 3.8) is 0 Å². The molecule has 0 aliphatic carbocycles. The van der Waals surface area contributed by atoms with E-state index in [1.165, 1.54) is 0 Å². The maximum absolute atomic E-state index is 5.84. The Bertz CT molecular complexity index is 567. The first-order valence-corrected chi connectivity index (χ1v) is 7.16. The van der Waals surface area contributed by atoms with E-state index >= 15 is 0 Å². The van der Waals surface area contributed by atoms with Gasteiger partial charge in [0.1, 0.15) is 23.0 Å². The molecule has 0 aliphatic heterocycles. The normalized spacial score (nSPS) is 10.2. The van der Waals surface area contributed by atoms with Gasteiger partial charge in [-0.05, 0) is 49.7 Å². The standard InChI is InChI=1S/C17H21NO3/c1-3-11-20-13-5-7-14(8-6-13)21-15-9-10-16(18)17(12-15)19-4-2/h5-10,12H,3-4,11,18H2,1-2H3. The van der Waals surface area contributed by atoms with Crippen molar-refractivity contribution in [2.24, 2.45) is 0 Å². The Morgan fingerprint density at radius 2 is 1.52 bits per heavy atom. The zero-order valence-corrected chi connectivity index (χ0v) is 12.5. The lowest BCUT2D eigenvalue weighted by atomic mass is 10.2. The van der Waals surface area contributed by atoms with Gasteiger partial charge < -0.3 is 19.9 Å². The van der Waals surface area contributed by atoms with Crippen LogP contribution < -0.4 is 19.9 Å². The SMILES string of the molecule is CCCOc1ccc(Oc2ccc(N)c(OCC)c2)cc1. The summed E-state index contributed by atoms with van der Waals surface area (Å²) in [5.41, 5.74) is 6.44. The Morgan fingerprint density at radius 3 is 2.19 bits per heavy atom. The molecule has 0 aromatic heterocycles. The van der Waals surface area contributed by atoms with Gasteiger partial charge in [-0.25, -0.2) is 0 Å². The molecule has 4 nitrogen and oxygen atoms in total. The van der Waals surface area contributed by atoms with Crippen molar-refractivity contribution >= 4 is 5.69 Å². The summed E-state index contributed by atoms with van der Waals surface area (Å²) >= 11 is 0. The van der Waals surface area contributed by atoms with Gasteiger partial charge in [-0.15, -0.1) is 0 Å². The molecule has 0 unspecified atom stereocenters. The van der Waals surface area contributed by atoms with Gasteiger partial charge in [-0.1, -0.05) is 6.92 Å². The highest BCUT2D eigenvalue weighted by Crippen LogP contribution is 2.30. The molecule has 0 amide bonds. The van der Waals surface area contributed by atoms with E-state index in [0.717, 1.165) is 24.5 Å². The Kier molecular flexibility index (Phi) is 5.32. The third-order valence-electron chi connectivity index (χ3n) is 2.82. The predicted octanol–water partition coefficient (Wildman–Crippen LogP) is 4.25. The van der Waals surface area contributed by atoms with Gasteiger partial charge in [0.05, 0.1) is 18.9 Å². The number of nitrogens with two attached hydrogens (primary N) is 1. The topological polar surface area (TPSA) is 53.7 Å². The number of anilines is 1. The number of hydrogen-bond donors (Lipinski definition) is 1. The lowest BCUT2D eigenvalue weighted by Crippen LogP contribution is -1.97. The van der Waals surface area contributed by atoms with Crippen LogP contribution in [0.4, 0.5) is 5.69 Å². The van der Waals surface area contributed by atoms with Crippen molar-refractivity contribution in [2.45, 2.75) is 20.3 Å². The Hall–Kier alpha value is -2.36. The van der Waals surface area contributed by atoms with Crippen molar-refractivity contribution in [1.29, 1.82) is 0 Å². The molecule has 2 rings (SSSR count). The highest BCUT2D eigenvalue weighted by Gasteiger charge is 2.04. The van der Waals surface area contributed by atoms with Crippen LogP contribution in [0.15, 0.2) is 42.5 Å². The average Bonchev–Trinajstić information content (AvgIpc) is 2.50. The van der Waals surface area contributed by atoms with E-state index in [2.05, 4.69) is 6.92 Å². The van der Waals surface area contributed by atoms with Crippen molar-refractivity contribution in [3.8, 4) is 23.0 Å². The van der Waals surface area contributed by atoms with Gasteiger partial charge in [0.2, 0.25) is 0 Å². The van der Waals surface area contributed by atoms with E-state index in [1.54, 1.807) is 12.1 Å². The molecule has 2 aromatic carbocycles. The molecule has 0 heterocycles. The minimum Gasteiger partial charge on any atom is -0.494 e. The third kappa shape index (κ3) is 4.31. The average molecular weight is 287 g/mol. The lowest BCUT2D eigenvalue weighted by Gasteiger charge is -2.11. The molecule has 2 N–H and O–H groups in total. The van der Waals surface area contributed by atoms with Gasteiger partial charge in [0.15, 0.2) is 0 Å². The molecule has 0 saturated heterocycles. The van der Waals surface area contributed by atoms with Gasteiger partial charge in [0, 0.05) is 6.07 Å². The molecule has 0 saturated carbocycles. The van der Waals surface area contributed by atoms with Gasteiger partial charge in [-0.2, -0.15) is 0 Å². The Labute approximate surface area is 125 Å². The van der Waals surface area contributed by atoms with Gasteiger partial charge in [0.25, 0.3) is 0 Å². The smallest absolute Gasteiger partial charge is 0.145 e. The summed E-state index contributed by atoms with van der Waals surface area (Å²) in [6.45, 7) is 5.28. The summed E-state index contributed by atoms with van der Waals surface area (Å²) in [4.78, 5) is 0. The van der Waals surface area contributed by atoms with Crippen LogP contribution in [0.25, 0.3) is 0 Å². The van der Waals surface area contributed by atoms with Crippen LogP contribution in [0.1, 0.15) is 20.3 Å². The molecular formula is C17H21NO3. The summed E-state index contributed by atoms with van der Waals surface area (Å²) in [6.07, 6.45) is 0.990. The molecular weight excluding hydrogens is 266 g/mol. The number of hydrogen-bond acceptors (Lipinski definition) is 4. The Balaban J connectivity index is 2.05. The van der Waals surface area contributed by atoms with Gasteiger partial charge >= 0.3 is 0 Å². The van der Waals surface area contributed by atoms with Crippen molar-refractivity contribution in [2.75, 3.05) is 18.9 Å². The highest BCUT2D eigenvalue weighted by atomic mass is 16.5. The summed E-state index contributed by atoms with van der Waals surface area (Å²) in [7, 11) is 0. The van der Waals surface area contributed by atoms with Crippen LogP contribution >= 0.6 is 0 Å². The quantitative estimate of drug-likeness (QED) is 0.773. The molecule has 21 heavy (non-hydrogen) atoms. The van der Waals surface area contributed by atoms with Crippen molar-refractivity contribution < 1.29 is 14.2 Å². The molecule has 112 valence electrons. The monoisotopic (exact) mass is 287 g/mol. The van der Waals surface area contributed by atoms with Crippen molar-refractivity contribution in [3.05, 3.63) is 42.5 Å². The molecule has 2 aromatic rings. The molecule has 0 radical (unpaired) electrons. The number of ether oxygens (including phenoxy) is 3. The molecule has 0 spiro atoms. The Morgan fingerprint density at radius 1 is 0.857 bits per heavy atom. The van der Waals surface area contributed by atoms with Crippen LogP contribution in [-0.4, -0.2) is 13.2 Å². The van der Waals surface area contributed by atoms with Crippen LogP contribution in [0, 0.1) is 0 Å².